The van der Waals surface area contributed by atoms with E-state index in [0.29, 0.717) is 6.61 Å². The van der Waals surface area contributed by atoms with Gasteiger partial charge in [-0.25, -0.2) is 0 Å². The lowest BCUT2D eigenvalue weighted by molar-refractivity contribution is 0.0684. The highest BCUT2D eigenvalue weighted by atomic mass is 16.5. The highest BCUT2D eigenvalue weighted by Crippen LogP contribution is 2.07. The van der Waals surface area contributed by atoms with Crippen molar-refractivity contribution in [1.29, 1.82) is 0 Å². The molecule has 0 radical (unpaired) electrons. The van der Waals surface area contributed by atoms with Crippen LogP contribution in [0.25, 0.3) is 0 Å². The van der Waals surface area contributed by atoms with E-state index in [1.807, 2.05) is 13.0 Å². The molecular formula is C7H14N2O. The highest BCUT2D eigenvalue weighted by Gasteiger charge is 2.12. The monoisotopic (exact) mass is 142 g/mol. The predicted molar refractivity (Wildman–Crippen MR) is 40.3 cm³/mol. The molecule has 0 bridgehead atoms. The smallest absolute Gasteiger partial charge is 0.0677 e. The number of hydrogen-bond donors (Lipinski definition) is 2. The molecule has 0 amide bonds. The summed E-state index contributed by atoms with van der Waals surface area (Å²) in [5.41, 5.74) is 12.0. The summed E-state index contributed by atoms with van der Waals surface area (Å²) in [5, 5.41) is 0. The summed E-state index contributed by atoms with van der Waals surface area (Å²) >= 11 is 0. The normalized spacial score (nSPS) is 34.8. The maximum absolute atomic E-state index is 5.62. The van der Waals surface area contributed by atoms with Crippen LogP contribution in [-0.2, 0) is 4.74 Å². The molecule has 0 saturated heterocycles. The minimum Gasteiger partial charge on any atom is -0.401 e. The van der Waals surface area contributed by atoms with Crippen LogP contribution >= 0.6 is 0 Å². The molecule has 0 spiro atoms. The lowest BCUT2D eigenvalue weighted by Gasteiger charge is -2.10. The minimum absolute atomic E-state index is 0.107. The fourth-order valence-corrected chi connectivity index (χ4v) is 0.886. The van der Waals surface area contributed by atoms with E-state index in [0.717, 1.165) is 12.1 Å². The van der Waals surface area contributed by atoms with E-state index in [-0.39, 0.29) is 12.1 Å². The van der Waals surface area contributed by atoms with Gasteiger partial charge in [0, 0.05) is 5.70 Å². The molecule has 0 saturated carbocycles. The molecule has 0 aromatic heterocycles. The van der Waals surface area contributed by atoms with Gasteiger partial charge >= 0.3 is 0 Å². The van der Waals surface area contributed by atoms with Gasteiger partial charge in [0.15, 0.2) is 0 Å². The van der Waals surface area contributed by atoms with Gasteiger partial charge in [0.1, 0.15) is 0 Å². The van der Waals surface area contributed by atoms with Crippen molar-refractivity contribution < 1.29 is 4.74 Å². The van der Waals surface area contributed by atoms with E-state index in [1.54, 1.807) is 0 Å². The molecule has 10 heavy (non-hydrogen) atoms. The van der Waals surface area contributed by atoms with Gasteiger partial charge in [-0.05, 0) is 13.3 Å². The van der Waals surface area contributed by atoms with Crippen molar-refractivity contribution in [1.82, 2.24) is 0 Å². The maximum Gasteiger partial charge on any atom is 0.0677 e. The van der Waals surface area contributed by atoms with E-state index < -0.39 is 0 Å². The Morgan fingerprint density at radius 2 is 2.40 bits per heavy atom. The first-order valence-electron chi connectivity index (χ1n) is 3.53. The average molecular weight is 142 g/mol. The van der Waals surface area contributed by atoms with E-state index in [2.05, 4.69) is 0 Å². The Labute approximate surface area is 61.0 Å². The Hall–Kier alpha value is -0.540. The lowest BCUT2D eigenvalue weighted by atomic mass is 10.2. The van der Waals surface area contributed by atoms with Crippen LogP contribution in [0.4, 0.5) is 0 Å². The molecule has 1 aliphatic heterocycles. The largest absolute Gasteiger partial charge is 0.401 e. The van der Waals surface area contributed by atoms with Gasteiger partial charge < -0.3 is 16.2 Å². The van der Waals surface area contributed by atoms with Gasteiger partial charge in [-0.1, -0.05) is 6.08 Å². The molecule has 1 heterocycles. The number of ether oxygens (including phenoxy) is 1. The molecule has 58 valence electrons. The zero-order valence-corrected chi connectivity index (χ0v) is 6.21. The fourth-order valence-electron chi connectivity index (χ4n) is 0.886. The molecule has 3 heteroatoms. The number of hydrogen-bond acceptors (Lipinski definition) is 3. The summed E-state index contributed by atoms with van der Waals surface area (Å²) in [6, 6.07) is -0.107. The van der Waals surface area contributed by atoms with Gasteiger partial charge in [-0.2, -0.15) is 0 Å². The topological polar surface area (TPSA) is 61.3 Å². The summed E-state index contributed by atoms with van der Waals surface area (Å²) in [4.78, 5) is 0. The third kappa shape index (κ3) is 1.72. The first-order valence-corrected chi connectivity index (χ1v) is 3.53. The van der Waals surface area contributed by atoms with Crippen LogP contribution in [0.5, 0.6) is 0 Å². The SMILES string of the molecule is C[C@H]1CC=C(N)[C@@H](N)CO1. The summed E-state index contributed by atoms with van der Waals surface area (Å²) in [6.45, 7) is 2.56. The van der Waals surface area contributed by atoms with Crippen molar-refractivity contribution >= 4 is 0 Å². The molecule has 3 nitrogen and oxygen atoms in total. The van der Waals surface area contributed by atoms with Gasteiger partial charge in [0.2, 0.25) is 0 Å². The molecule has 0 aromatic rings. The first-order chi connectivity index (χ1) is 4.70. The van der Waals surface area contributed by atoms with Gasteiger partial charge in [-0.15, -0.1) is 0 Å². The third-order valence-electron chi connectivity index (χ3n) is 1.67. The van der Waals surface area contributed by atoms with Crippen molar-refractivity contribution in [2.45, 2.75) is 25.5 Å². The van der Waals surface area contributed by atoms with Crippen LogP contribution in [0.2, 0.25) is 0 Å². The van der Waals surface area contributed by atoms with E-state index in [4.69, 9.17) is 16.2 Å². The second kappa shape index (κ2) is 3.03. The number of rotatable bonds is 0. The molecule has 0 aromatic carbocycles. The third-order valence-corrected chi connectivity index (χ3v) is 1.67. The van der Waals surface area contributed by atoms with Crippen LogP contribution in [0.1, 0.15) is 13.3 Å². The number of nitrogens with two attached hydrogens (primary N) is 2. The molecular weight excluding hydrogens is 128 g/mol. The second-order valence-electron chi connectivity index (χ2n) is 2.69. The highest BCUT2D eigenvalue weighted by molar-refractivity contribution is 5.07. The molecule has 4 N–H and O–H groups in total. The zero-order valence-electron chi connectivity index (χ0n) is 6.21. The van der Waals surface area contributed by atoms with Gasteiger partial charge in [0.05, 0.1) is 18.8 Å². The van der Waals surface area contributed by atoms with Gasteiger partial charge in [-0.3, -0.25) is 0 Å². The predicted octanol–water partition coefficient (Wildman–Crippen LogP) is -0.0349. The Bertz CT molecular complexity index is 145. The Morgan fingerprint density at radius 1 is 1.70 bits per heavy atom. The summed E-state index contributed by atoms with van der Waals surface area (Å²) in [6.07, 6.45) is 3.08. The van der Waals surface area contributed by atoms with Crippen LogP contribution in [-0.4, -0.2) is 18.8 Å². The van der Waals surface area contributed by atoms with Crippen molar-refractivity contribution in [3.63, 3.8) is 0 Å². The van der Waals surface area contributed by atoms with Crippen LogP contribution in [0, 0.1) is 0 Å². The summed E-state index contributed by atoms with van der Waals surface area (Å²) in [7, 11) is 0. The standard InChI is InChI=1S/C7H14N2O/c1-5-2-3-6(8)7(9)4-10-5/h3,5,7H,2,4,8-9H2,1H3/t5-,7-/m0/s1. The fraction of sp³-hybridized carbons (Fsp3) is 0.714. The molecule has 0 unspecified atom stereocenters. The average Bonchev–Trinajstić information content (AvgIpc) is 2.04. The quantitative estimate of drug-likeness (QED) is 0.499. The van der Waals surface area contributed by atoms with Crippen LogP contribution < -0.4 is 11.5 Å². The Balaban J connectivity index is 2.55. The van der Waals surface area contributed by atoms with E-state index in [1.165, 1.54) is 0 Å². The van der Waals surface area contributed by atoms with Crippen molar-refractivity contribution in [2.24, 2.45) is 11.5 Å². The molecule has 1 aliphatic rings. The van der Waals surface area contributed by atoms with Crippen molar-refractivity contribution in [3.8, 4) is 0 Å². The second-order valence-corrected chi connectivity index (χ2v) is 2.69. The Morgan fingerprint density at radius 3 is 3.10 bits per heavy atom. The molecule has 0 aliphatic carbocycles. The first kappa shape index (κ1) is 7.57. The summed E-state index contributed by atoms with van der Waals surface area (Å²) in [5.74, 6) is 0. The molecule has 2 atom stereocenters. The van der Waals surface area contributed by atoms with Crippen molar-refractivity contribution in [2.75, 3.05) is 6.61 Å². The summed E-state index contributed by atoms with van der Waals surface area (Å²) < 4.78 is 5.33. The Kier molecular flexibility index (Phi) is 2.29. The van der Waals surface area contributed by atoms with Crippen molar-refractivity contribution in [3.05, 3.63) is 11.8 Å². The minimum atomic E-state index is -0.107. The maximum atomic E-state index is 5.62. The lowest BCUT2D eigenvalue weighted by Crippen LogP contribution is -2.31. The van der Waals surface area contributed by atoms with Crippen LogP contribution in [0.3, 0.4) is 0 Å². The van der Waals surface area contributed by atoms with E-state index in [9.17, 15) is 0 Å². The molecule has 0 fully saturated rings. The molecule has 1 rings (SSSR count). The zero-order chi connectivity index (χ0) is 7.56. The van der Waals surface area contributed by atoms with Crippen LogP contribution in [0.15, 0.2) is 11.8 Å². The van der Waals surface area contributed by atoms with E-state index >= 15 is 0 Å². The van der Waals surface area contributed by atoms with Gasteiger partial charge in [0.25, 0.3) is 0 Å².